The second-order valence-corrected chi connectivity index (χ2v) is 7.35. The van der Waals surface area contributed by atoms with Gasteiger partial charge in [-0.1, -0.05) is 23.7 Å². The Labute approximate surface area is 164 Å². The second-order valence-electron chi connectivity index (χ2n) is 5.87. The van der Waals surface area contributed by atoms with Gasteiger partial charge in [0, 0.05) is 21.5 Å². The van der Waals surface area contributed by atoms with E-state index in [1.165, 1.54) is 0 Å². The Balaban J connectivity index is 1.84. The molecule has 0 radical (unpaired) electrons. The lowest BCUT2D eigenvalue weighted by atomic mass is 10.1. The summed E-state index contributed by atoms with van der Waals surface area (Å²) in [6.07, 6.45) is 3.44. The van der Waals surface area contributed by atoms with Gasteiger partial charge in [0.05, 0.1) is 28.7 Å². The summed E-state index contributed by atoms with van der Waals surface area (Å²) in [5.74, 6) is 0.155. The number of hydrogen-bond acceptors (Lipinski definition) is 6. The summed E-state index contributed by atoms with van der Waals surface area (Å²) in [5, 5.41) is 13.3. The molecule has 0 unspecified atom stereocenters. The van der Waals surface area contributed by atoms with Gasteiger partial charge < -0.3 is 11.1 Å². The van der Waals surface area contributed by atoms with Crippen molar-refractivity contribution in [3.05, 3.63) is 65.6 Å². The number of nitrogens with zero attached hydrogens (tertiary/aromatic N) is 3. The van der Waals surface area contributed by atoms with Gasteiger partial charge in [-0.3, -0.25) is 9.78 Å². The number of anilines is 2. The van der Waals surface area contributed by atoms with Crippen LogP contribution in [0.5, 0.6) is 0 Å². The highest BCUT2D eigenvalue weighted by molar-refractivity contribution is 7.22. The largest absolute Gasteiger partial charge is 0.369 e. The monoisotopic (exact) mass is 395 g/mol. The molecule has 0 atom stereocenters. The van der Waals surface area contributed by atoms with Crippen LogP contribution in [0.4, 0.5) is 11.5 Å². The van der Waals surface area contributed by atoms with Crippen LogP contribution in [0.25, 0.3) is 20.5 Å². The molecule has 0 saturated heterocycles. The van der Waals surface area contributed by atoms with Gasteiger partial charge in [0.2, 0.25) is 5.91 Å². The maximum atomic E-state index is 11.4. The maximum absolute atomic E-state index is 11.4. The van der Waals surface area contributed by atoms with E-state index in [0.29, 0.717) is 16.5 Å². The van der Waals surface area contributed by atoms with E-state index >= 15 is 0 Å². The van der Waals surface area contributed by atoms with Crippen LogP contribution in [0.2, 0.25) is 5.02 Å². The van der Waals surface area contributed by atoms with Crippen molar-refractivity contribution < 1.29 is 4.79 Å². The molecule has 6 nitrogen and oxygen atoms in total. The van der Waals surface area contributed by atoms with Crippen LogP contribution in [0.15, 0.2) is 54.9 Å². The Hall–Kier alpha value is -3.03. The van der Waals surface area contributed by atoms with Crippen molar-refractivity contribution >= 4 is 50.4 Å². The van der Waals surface area contributed by atoms with Gasteiger partial charge in [0.1, 0.15) is 0 Å². The molecule has 0 aliphatic carbocycles. The summed E-state index contributed by atoms with van der Waals surface area (Å²) in [6, 6.07) is 13.4. The Kier molecular flexibility index (Phi) is 4.70. The van der Waals surface area contributed by atoms with Gasteiger partial charge in [-0.15, -0.1) is 16.4 Å². The first-order valence-electron chi connectivity index (χ1n) is 8.10. The Bertz CT molecular complexity index is 1110. The lowest BCUT2D eigenvalue weighted by molar-refractivity contribution is -0.117. The van der Waals surface area contributed by atoms with Crippen molar-refractivity contribution in [1.82, 2.24) is 15.2 Å². The molecule has 3 heterocycles. The highest BCUT2D eigenvalue weighted by atomic mass is 35.5. The average molecular weight is 396 g/mol. The summed E-state index contributed by atoms with van der Waals surface area (Å²) in [5.41, 5.74) is 7.77. The average Bonchev–Trinajstić information content (AvgIpc) is 3.11. The van der Waals surface area contributed by atoms with Crippen molar-refractivity contribution in [2.45, 2.75) is 6.42 Å². The standard InChI is InChI=1S/C19H14ClN5OS/c20-12-5-3-11(4-6-12)16-8-14-18(27-16)15(9-17(21)26)24-25-19(14)23-13-2-1-7-22-10-13/h1-8,10H,9H2,(H2,21,26)(H,23,25). The van der Waals surface area contributed by atoms with Crippen LogP contribution in [-0.4, -0.2) is 21.1 Å². The first-order valence-corrected chi connectivity index (χ1v) is 9.30. The Morgan fingerprint density at radius 2 is 2.00 bits per heavy atom. The van der Waals surface area contributed by atoms with E-state index < -0.39 is 5.91 Å². The van der Waals surface area contributed by atoms with Gasteiger partial charge in [0.15, 0.2) is 5.82 Å². The smallest absolute Gasteiger partial charge is 0.223 e. The van der Waals surface area contributed by atoms with Crippen molar-refractivity contribution in [1.29, 1.82) is 0 Å². The van der Waals surface area contributed by atoms with E-state index in [1.807, 2.05) is 42.5 Å². The van der Waals surface area contributed by atoms with Crippen LogP contribution in [0.3, 0.4) is 0 Å². The number of primary amides is 1. The molecule has 4 aromatic rings. The topological polar surface area (TPSA) is 93.8 Å². The zero-order valence-corrected chi connectivity index (χ0v) is 15.6. The van der Waals surface area contributed by atoms with Crippen LogP contribution in [-0.2, 0) is 11.2 Å². The first-order chi connectivity index (χ1) is 13.1. The lowest BCUT2D eigenvalue weighted by Gasteiger charge is -2.07. The molecule has 4 rings (SSSR count). The molecular weight excluding hydrogens is 382 g/mol. The fourth-order valence-corrected chi connectivity index (χ4v) is 3.97. The van der Waals surface area contributed by atoms with Crippen LogP contribution >= 0.6 is 22.9 Å². The van der Waals surface area contributed by atoms with E-state index in [1.54, 1.807) is 23.7 Å². The van der Waals surface area contributed by atoms with Crippen molar-refractivity contribution in [2.75, 3.05) is 5.32 Å². The summed E-state index contributed by atoms with van der Waals surface area (Å²) in [7, 11) is 0. The van der Waals surface area contributed by atoms with E-state index in [2.05, 4.69) is 20.5 Å². The number of aromatic nitrogens is 3. The first kappa shape index (κ1) is 17.4. The third kappa shape index (κ3) is 3.74. The zero-order chi connectivity index (χ0) is 18.8. The van der Waals surface area contributed by atoms with Gasteiger partial charge in [-0.2, -0.15) is 5.10 Å². The van der Waals surface area contributed by atoms with Gasteiger partial charge in [-0.05, 0) is 35.9 Å². The predicted molar refractivity (Wildman–Crippen MR) is 108 cm³/mol. The number of thiophene rings is 1. The molecule has 0 bridgehead atoms. The Morgan fingerprint density at radius 1 is 1.19 bits per heavy atom. The SMILES string of the molecule is NC(=O)Cc1nnc(Nc2cccnc2)c2cc(-c3ccc(Cl)cc3)sc12. The van der Waals surface area contributed by atoms with Crippen molar-refractivity contribution in [3.63, 3.8) is 0 Å². The molecule has 3 aromatic heterocycles. The molecule has 1 aromatic carbocycles. The number of pyridine rings is 1. The fourth-order valence-electron chi connectivity index (χ4n) is 2.69. The highest BCUT2D eigenvalue weighted by Gasteiger charge is 2.16. The molecule has 3 N–H and O–H groups in total. The minimum atomic E-state index is -0.444. The van der Waals surface area contributed by atoms with E-state index in [9.17, 15) is 4.79 Å². The minimum Gasteiger partial charge on any atom is -0.369 e. The number of nitrogens with one attached hydrogen (secondary N) is 1. The molecule has 1 amide bonds. The molecule has 27 heavy (non-hydrogen) atoms. The molecule has 0 saturated carbocycles. The second kappa shape index (κ2) is 7.30. The molecule has 8 heteroatoms. The lowest BCUT2D eigenvalue weighted by Crippen LogP contribution is -2.15. The zero-order valence-electron chi connectivity index (χ0n) is 14.0. The quantitative estimate of drug-likeness (QED) is 0.528. The van der Waals surface area contributed by atoms with E-state index in [-0.39, 0.29) is 6.42 Å². The third-order valence-corrected chi connectivity index (χ3v) is 5.40. The number of nitrogens with two attached hydrogens (primary N) is 1. The summed E-state index contributed by atoms with van der Waals surface area (Å²) in [6.45, 7) is 0. The molecule has 0 aliphatic heterocycles. The number of carbonyl (C=O) groups excluding carboxylic acids is 1. The van der Waals surface area contributed by atoms with Crippen LogP contribution in [0, 0.1) is 0 Å². The highest BCUT2D eigenvalue weighted by Crippen LogP contribution is 2.38. The van der Waals surface area contributed by atoms with E-state index in [4.69, 9.17) is 17.3 Å². The van der Waals surface area contributed by atoms with E-state index in [0.717, 1.165) is 26.2 Å². The third-order valence-electron chi connectivity index (χ3n) is 3.91. The van der Waals surface area contributed by atoms with Crippen molar-refractivity contribution in [3.8, 4) is 10.4 Å². The number of carbonyl (C=O) groups is 1. The maximum Gasteiger partial charge on any atom is 0.223 e. The predicted octanol–water partition coefficient (Wildman–Crippen LogP) is 4.18. The number of halogens is 1. The summed E-state index contributed by atoms with van der Waals surface area (Å²) in [4.78, 5) is 16.5. The fraction of sp³-hybridized carbons (Fsp3) is 0.0526. The summed E-state index contributed by atoms with van der Waals surface area (Å²) >= 11 is 7.53. The number of fused-ring (bicyclic) bond motifs is 1. The molecular formula is C19H14ClN5OS. The molecule has 0 fully saturated rings. The number of benzene rings is 1. The van der Waals surface area contributed by atoms with Crippen molar-refractivity contribution in [2.24, 2.45) is 5.73 Å². The molecule has 0 spiro atoms. The van der Waals surface area contributed by atoms with Gasteiger partial charge in [-0.25, -0.2) is 0 Å². The summed E-state index contributed by atoms with van der Waals surface area (Å²) < 4.78 is 0.875. The van der Waals surface area contributed by atoms with Crippen LogP contribution in [0.1, 0.15) is 5.69 Å². The minimum absolute atomic E-state index is 0.0389. The van der Waals surface area contributed by atoms with Gasteiger partial charge >= 0.3 is 0 Å². The normalized spacial score (nSPS) is 10.9. The van der Waals surface area contributed by atoms with Crippen LogP contribution < -0.4 is 11.1 Å². The molecule has 134 valence electrons. The van der Waals surface area contributed by atoms with Gasteiger partial charge in [0.25, 0.3) is 0 Å². The number of amides is 1. The Morgan fingerprint density at radius 3 is 2.70 bits per heavy atom. The number of hydrogen-bond donors (Lipinski definition) is 2. The molecule has 0 aliphatic rings. The number of rotatable bonds is 5.